The molecule has 15 heavy (non-hydrogen) atoms. The summed E-state index contributed by atoms with van der Waals surface area (Å²) in [6, 6.07) is 2.75. The Bertz CT molecular complexity index is 353. The normalized spacial score (nSPS) is 25.9. The quantitative estimate of drug-likeness (QED) is 0.636. The van der Waals surface area contributed by atoms with E-state index in [9.17, 15) is 8.78 Å². The van der Waals surface area contributed by atoms with Gasteiger partial charge in [-0.1, -0.05) is 6.42 Å². The third kappa shape index (κ3) is 2.00. The van der Waals surface area contributed by atoms with Crippen molar-refractivity contribution in [3.8, 4) is 0 Å². The fourth-order valence-electron chi connectivity index (χ4n) is 2.31. The molecule has 82 valence electrons. The highest BCUT2D eigenvalue weighted by Crippen LogP contribution is 2.40. The predicted octanol–water partition coefficient (Wildman–Crippen LogP) is 4.15. The summed E-state index contributed by atoms with van der Waals surface area (Å²) in [6.07, 6.45) is 2.58. The Labute approximate surface area is 93.2 Å². The van der Waals surface area contributed by atoms with E-state index < -0.39 is 11.6 Å². The van der Waals surface area contributed by atoms with Gasteiger partial charge in [-0.05, 0) is 37.5 Å². The first-order chi connectivity index (χ1) is 7.09. The number of hydrogen-bond donors (Lipinski definition) is 0. The Morgan fingerprint density at radius 3 is 2.27 bits per heavy atom. The molecule has 1 aromatic rings. The minimum Gasteiger partial charge on any atom is -0.207 e. The molecule has 0 aliphatic heterocycles. The Balaban J connectivity index is 2.43. The van der Waals surface area contributed by atoms with Crippen LogP contribution < -0.4 is 0 Å². The first-order valence-corrected chi connectivity index (χ1v) is 5.63. The summed E-state index contributed by atoms with van der Waals surface area (Å²) in [4.78, 5) is 0. The largest absolute Gasteiger partial charge is 0.207 e. The molecule has 2 unspecified atom stereocenters. The van der Waals surface area contributed by atoms with Gasteiger partial charge in [0.15, 0.2) is 0 Å². The van der Waals surface area contributed by atoms with Crippen LogP contribution in [0.5, 0.6) is 0 Å². The topological polar surface area (TPSA) is 0 Å². The fourth-order valence-corrected chi connectivity index (χ4v) is 2.71. The van der Waals surface area contributed by atoms with Crippen LogP contribution in [0.3, 0.4) is 0 Å². The molecule has 2 atom stereocenters. The second-order valence-electron chi connectivity index (χ2n) is 4.20. The summed E-state index contributed by atoms with van der Waals surface area (Å²) >= 11 is 6.06. The molecule has 1 fully saturated rings. The molecule has 0 N–H and O–H groups in total. The molecule has 1 aromatic carbocycles. The van der Waals surface area contributed by atoms with Crippen molar-refractivity contribution in [2.24, 2.45) is 0 Å². The zero-order valence-corrected chi connectivity index (χ0v) is 9.32. The highest BCUT2D eigenvalue weighted by Gasteiger charge is 2.31. The minimum atomic E-state index is -0.454. The maximum atomic E-state index is 13.6. The van der Waals surface area contributed by atoms with Crippen molar-refractivity contribution in [3.63, 3.8) is 0 Å². The first-order valence-electron chi connectivity index (χ1n) is 5.19. The van der Waals surface area contributed by atoms with E-state index in [0.717, 1.165) is 19.3 Å². The summed E-state index contributed by atoms with van der Waals surface area (Å²) in [5, 5.41) is -0.128. The highest BCUT2D eigenvalue weighted by atomic mass is 35.5. The smallest absolute Gasteiger partial charge is 0.129 e. The van der Waals surface area contributed by atoms with Gasteiger partial charge in [0.1, 0.15) is 11.6 Å². The van der Waals surface area contributed by atoms with Crippen LogP contribution in [0.25, 0.3) is 0 Å². The molecule has 0 heterocycles. The molecule has 0 aromatic heterocycles. The predicted molar refractivity (Wildman–Crippen MR) is 57.3 cm³/mol. The number of rotatable bonds is 1. The Morgan fingerprint density at radius 2 is 1.80 bits per heavy atom. The molecule has 0 spiro atoms. The van der Waals surface area contributed by atoms with Crippen LogP contribution in [-0.4, -0.2) is 5.38 Å². The molecular weight excluding hydrogens is 218 g/mol. The molecule has 0 radical (unpaired) electrons. The number of alkyl halides is 1. The van der Waals surface area contributed by atoms with E-state index in [1.54, 1.807) is 6.92 Å². The van der Waals surface area contributed by atoms with Crippen molar-refractivity contribution in [3.05, 3.63) is 34.9 Å². The van der Waals surface area contributed by atoms with Gasteiger partial charge in [-0.15, -0.1) is 11.6 Å². The maximum absolute atomic E-state index is 13.6. The number of halogens is 3. The van der Waals surface area contributed by atoms with E-state index >= 15 is 0 Å². The highest BCUT2D eigenvalue weighted by molar-refractivity contribution is 6.21. The van der Waals surface area contributed by atoms with Crippen molar-refractivity contribution in [1.82, 2.24) is 0 Å². The maximum Gasteiger partial charge on any atom is 0.129 e. The van der Waals surface area contributed by atoms with Crippen molar-refractivity contribution < 1.29 is 8.78 Å². The summed E-state index contributed by atoms with van der Waals surface area (Å²) in [5.41, 5.74) is 0.788. The van der Waals surface area contributed by atoms with E-state index in [2.05, 4.69) is 0 Å². The van der Waals surface area contributed by atoms with Gasteiger partial charge < -0.3 is 0 Å². The van der Waals surface area contributed by atoms with Crippen LogP contribution in [0.4, 0.5) is 8.78 Å². The van der Waals surface area contributed by atoms with Gasteiger partial charge in [0.2, 0.25) is 0 Å². The van der Waals surface area contributed by atoms with E-state index in [1.807, 2.05) is 0 Å². The van der Waals surface area contributed by atoms with Gasteiger partial charge in [-0.2, -0.15) is 0 Å². The van der Waals surface area contributed by atoms with E-state index in [-0.39, 0.29) is 16.9 Å². The van der Waals surface area contributed by atoms with Crippen LogP contribution in [0, 0.1) is 18.6 Å². The van der Waals surface area contributed by atoms with Gasteiger partial charge in [-0.3, -0.25) is 0 Å². The average Bonchev–Trinajstić information content (AvgIpc) is 2.50. The van der Waals surface area contributed by atoms with Crippen LogP contribution >= 0.6 is 11.6 Å². The van der Waals surface area contributed by atoms with Crippen molar-refractivity contribution in [2.45, 2.75) is 37.5 Å². The Kier molecular flexibility index (Phi) is 2.96. The minimum absolute atomic E-state index is 0.128. The van der Waals surface area contributed by atoms with Gasteiger partial charge in [0.25, 0.3) is 0 Å². The van der Waals surface area contributed by atoms with Gasteiger partial charge in [0.05, 0.1) is 0 Å². The lowest BCUT2D eigenvalue weighted by atomic mass is 9.95. The van der Waals surface area contributed by atoms with Crippen LogP contribution in [-0.2, 0) is 0 Å². The Hall–Kier alpha value is -0.630. The molecule has 1 saturated carbocycles. The molecule has 0 nitrogen and oxygen atoms in total. The third-order valence-electron chi connectivity index (χ3n) is 3.03. The third-order valence-corrected chi connectivity index (χ3v) is 3.55. The molecule has 0 saturated heterocycles. The molecule has 3 heteroatoms. The van der Waals surface area contributed by atoms with Gasteiger partial charge in [-0.25, -0.2) is 8.78 Å². The summed E-state index contributed by atoms with van der Waals surface area (Å²) < 4.78 is 27.3. The fraction of sp³-hybridized carbons (Fsp3) is 0.500. The first kappa shape index (κ1) is 10.9. The molecule has 2 rings (SSSR count). The molecular formula is C12H13ClF2. The Morgan fingerprint density at radius 1 is 1.20 bits per heavy atom. The van der Waals surface area contributed by atoms with Crippen molar-refractivity contribution >= 4 is 11.6 Å². The molecule has 1 aliphatic carbocycles. The van der Waals surface area contributed by atoms with Crippen LogP contribution in [0.2, 0.25) is 0 Å². The number of benzene rings is 1. The van der Waals surface area contributed by atoms with E-state index in [0.29, 0.717) is 5.56 Å². The SMILES string of the molecule is Cc1cc(F)c(C2CCCC2Cl)c(F)c1. The average molecular weight is 231 g/mol. The van der Waals surface area contributed by atoms with E-state index in [4.69, 9.17) is 11.6 Å². The van der Waals surface area contributed by atoms with Crippen molar-refractivity contribution in [2.75, 3.05) is 0 Å². The lowest BCUT2D eigenvalue weighted by Crippen LogP contribution is -2.10. The number of hydrogen-bond acceptors (Lipinski definition) is 0. The lowest BCUT2D eigenvalue weighted by molar-refractivity contribution is 0.524. The van der Waals surface area contributed by atoms with Gasteiger partial charge >= 0.3 is 0 Å². The number of aryl methyl sites for hydroxylation is 1. The summed E-state index contributed by atoms with van der Waals surface area (Å²) in [7, 11) is 0. The standard InChI is InChI=1S/C12H13ClF2/c1-7-5-10(14)12(11(15)6-7)8-3-2-4-9(8)13/h5-6,8-9H,2-4H2,1H3. The molecule has 0 amide bonds. The zero-order valence-electron chi connectivity index (χ0n) is 8.56. The second-order valence-corrected chi connectivity index (χ2v) is 4.76. The summed E-state index contributed by atoms with van der Waals surface area (Å²) in [6.45, 7) is 1.68. The zero-order chi connectivity index (χ0) is 11.0. The lowest BCUT2D eigenvalue weighted by Gasteiger charge is -2.16. The van der Waals surface area contributed by atoms with Gasteiger partial charge in [0, 0.05) is 16.9 Å². The van der Waals surface area contributed by atoms with E-state index in [1.165, 1.54) is 12.1 Å². The molecule has 1 aliphatic rings. The molecule has 0 bridgehead atoms. The van der Waals surface area contributed by atoms with Crippen LogP contribution in [0.15, 0.2) is 12.1 Å². The summed E-state index contributed by atoms with van der Waals surface area (Å²) in [5.74, 6) is -1.07. The van der Waals surface area contributed by atoms with Crippen molar-refractivity contribution in [1.29, 1.82) is 0 Å². The monoisotopic (exact) mass is 230 g/mol. The van der Waals surface area contributed by atoms with Crippen LogP contribution in [0.1, 0.15) is 36.3 Å². The second kappa shape index (κ2) is 4.09.